The minimum atomic E-state index is -3.88. The number of carbonyl (C=O) groups is 3. The Balaban J connectivity index is 1.26. The van der Waals surface area contributed by atoms with Crippen LogP contribution in [0.2, 0.25) is 0 Å². The first kappa shape index (κ1) is 30.6. The van der Waals surface area contributed by atoms with E-state index in [1.807, 2.05) is 12.1 Å². The lowest BCUT2D eigenvalue weighted by atomic mass is 10.00. The molecule has 2 aromatic rings. The second kappa shape index (κ2) is 14.5. The monoisotopic (exact) mass is 581 g/mol. The van der Waals surface area contributed by atoms with Gasteiger partial charge in [0, 0.05) is 38.1 Å². The van der Waals surface area contributed by atoms with Crippen LogP contribution >= 0.6 is 0 Å². The van der Waals surface area contributed by atoms with Crippen LogP contribution < -0.4 is 5.32 Å². The molecule has 10 heteroatoms. The van der Waals surface area contributed by atoms with E-state index in [4.69, 9.17) is 0 Å². The van der Waals surface area contributed by atoms with Gasteiger partial charge in [-0.25, -0.2) is 13.2 Å². The minimum absolute atomic E-state index is 0.0404. The molecule has 220 valence electrons. The molecule has 2 atom stereocenters. The summed E-state index contributed by atoms with van der Waals surface area (Å²) in [6, 6.07) is 12.9. The highest BCUT2D eigenvalue weighted by Gasteiger charge is 2.40. The number of benzene rings is 2. The average Bonchev–Trinajstić information content (AvgIpc) is 3.67. The van der Waals surface area contributed by atoms with Crippen molar-refractivity contribution < 1.29 is 27.9 Å². The smallest absolute Gasteiger partial charge is 0.326 e. The summed E-state index contributed by atoms with van der Waals surface area (Å²) in [4.78, 5) is 42.1. The molecule has 2 aromatic carbocycles. The Hall–Kier alpha value is -3.37. The molecule has 0 saturated carbocycles. The maximum atomic E-state index is 13.1. The fourth-order valence-electron chi connectivity index (χ4n) is 5.46. The lowest BCUT2D eigenvalue weighted by Gasteiger charge is -2.25. The number of sulfonamides is 1. The predicted molar refractivity (Wildman–Crippen MR) is 156 cm³/mol. The number of aliphatic carboxylic acids is 1. The molecule has 2 N–H and O–H groups in total. The highest BCUT2D eigenvalue weighted by molar-refractivity contribution is 7.89. The van der Waals surface area contributed by atoms with Gasteiger partial charge in [-0.05, 0) is 68.2 Å². The number of carboxylic acid groups (broad SMARTS) is 1. The Morgan fingerprint density at radius 2 is 1.71 bits per heavy atom. The zero-order chi connectivity index (χ0) is 29.2. The first-order chi connectivity index (χ1) is 19.7. The van der Waals surface area contributed by atoms with E-state index in [0.717, 1.165) is 48.5 Å². The van der Waals surface area contributed by atoms with Gasteiger partial charge in [0.25, 0.3) is 0 Å². The van der Waals surface area contributed by atoms with Crippen molar-refractivity contribution in [3.63, 3.8) is 0 Å². The molecule has 0 spiro atoms. The molecule has 2 aliphatic heterocycles. The standard InChI is InChI=1S/C31H39N3O6S/c35-26(11-4-1-3-9-25-10-7-19-32-25)21-23-15-17-24(18-16-23)22-28(31(37)38)33-30(36)29-14-8-20-34(29)41(39,40)27-12-5-2-6-13-27/h2,5-6,12-13,15-18,28-29H,1,3-4,7-11,14,19-22H2,(H,33,36)(H,37,38). The van der Waals surface area contributed by atoms with E-state index in [2.05, 4.69) is 10.3 Å². The van der Waals surface area contributed by atoms with Gasteiger partial charge in [0.15, 0.2) is 0 Å². The zero-order valence-electron chi connectivity index (χ0n) is 23.3. The van der Waals surface area contributed by atoms with Crippen LogP contribution in [0, 0.1) is 0 Å². The number of ketones is 1. The topological polar surface area (TPSA) is 133 Å². The Morgan fingerprint density at radius 3 is 2.39 bits per heavy atom. The summed E-state index contributed by atoms with van der Waals surface area (Å²) in [7, 11) is -3.88. The van der Waals surface area contributed by atoms with Crippen molar-refractivity contribution >= 4 is 33.4 Å². The fraction of sp³-hybridized carbons (Fsp3) is 0.484. The van der Waals surface area contributed by atoms with Gasteiger partial charge in [-0.3, -0.25) is 14.6 Å². The van der Waals surface area contributed by atoms with Crippen LogP contribution in [0.3, 0.4) is 0 Å². The Morgan fingerprint density at radius 1 is 0.976 bits per heavy atom. The molecule has 1 amide bonds. The second-order valence-electron chi connectivity index (χ2n) is 10.8. The first-order valence-corrected chi connectivity index (χ1v) is 15.9. The lowest BCUT2D eigenvalue weighted by Crippen LogP contribution is -2.51. The number of nitrogens with zero attached hydrogens (tertiary/aromatic N) is 2. The van der Waals surface area contributed by atoms with Gasteiger partial charge in [-0.2, -0.15) is 4.31 Å². The Labute approximate surface area is 242 Å². The molecule has 1 saturated heterocycles. The normalized spacial score (nSPS) is 18.1. The number of nitrogens with one attached hydrogen (secondary N) is 1. The Bertz CT molecular complexity index is 1340. The van der Waals surface area contributed by atoms with Crippen molar-refractivity contribution in [1.82, 2.24) is 9.62 Å². The molecule has 1 fully saturated rings. The van der Waals surface area contributed by atoms with Crippen LogP contribution in [0.4, 0.5) is 0 Å². The van der Waals surface area contributed by atoms with Crippen LogP contribution in [0.1, 0.15) is 68.9 Å². The van der Waals surface area contributed by atoms with Gasteiger partial charge in [0.1, 0.15) is 17.9 Å². The second-order valence-corrected chi connectivity index (χ2v) is 12.7. The molecule has 41 heavy (non-hydrogen) atoms. The van der Waals surface area contributed by atoms with Crippen LogP contribution in [-0.2, 0) is 37.2 Å². The van der Waals surface area contributed by atoms with Gasteiger partial charge < -0.3 is 10.4 Å². The van der Waals surface area contributed by atoms with Crippen molar-refractivity contribution in [3.8, 4) is 0 Å². The van der Waals surface area contributed by atoms with Crippen LogP contribution in [-0.4, -0.2) is 66.4 Å². The zero-order valence-corrected chi connectivity index (χ0v) is 24.2. The molecule has 4 rings (SSSR count). The van der Waals surface area contributed by atoms with Crippen molar-refractivity contribution in [2.45, 2.75) is 87.6 Å². The maximum Gasteiger partial charge on any atom is 0.326 e. The number of Topliss-reactive ketones (excluding diaryl/α,β-unsaturated/α-hetero) is 1. The number of carbonyl (C=O) groups excluding carboxylic acids is 2. The molecule has 0 aliphatic carbocycles. The number of rotatable bonds is 15. The number of carboxylic acids is 1. The van der Waals surface area contributed by atoms with Crippen molar-refractivity contribution in [1.29, 1.82) is 0 Å². The highest BCUT2D eigenvalue weighted by atomic mass is 32.2. The number of hydrogen-bond donors (Lipinski definition) is 2. The average molecular weight is 582 g/mol. The van der Waals surface area contributed by atoms with E-state index < -0.39 is 34.0 Å². The number of aliphatic imine (C=N–C) groups is 1. The summed E-state index contributed by atoms with van der Waals surface area (Å²) in [5.41, 5.74) is 2.88. The largest absolute Gasteiger partial charge is 0.480 e. The lowest BCUT2D eigenvalue weighted by molar-refractivity contribution is -0.142. The van der Waals surface area contributed by atoms with E-state index >= 15 is 0 Å². The summed E-state index contributed by atoms with van der Waals surface area (Å²) >= 11 is 0. The predicted octanol–water partition coefficient (Wildman–Crippen LogP) is 3.95. The van der Waals surface area contributed by atoms with Crippen molar-refractivity contribution in [3.05, 3.63) is 65.7 Å². The molecule has 0 aromatic heterocycles. The third-order valence-corrected chi connectivity index (χ3v) is 9.64. The molecule has 0 radical (unpaired) electrons. The van der Waals surface area contributed by atoms with E-state index in [0.29, 0.717) is 31.2 Å². The summed E-state index contributed by atoms with van der Waals surface area (Å²) in [5.74, 6) is -1.64. The molecular formula is C31H39N3O6S. The molecule has 2 heterocycles. The molecule has 2 unspecified atom stereocenters. The fourth-order valence-corrected chi connectivity index (χ4v) is 7.14. The quantitative estimate of drug-likeness (QED) is 0.306. The maximum absolute atomic E-state index is 13.1. The molecule has 0 bridgehead atoms. The molecular weight excluding hydrogens is 542 g/mol. The number of amides is 1. The van der Waals surface area contributed by atoms with Crippen molar-refractivity contribution in [2.75, 3.05) is 13.1 Å². The highest BCUT2D eigenvalue weighted by Crippen LogP contribution is 2.26. The number of hydrogen-bond acceptors (Lipinski definition) is 6. The van der Waals surface area contributed by atoms with Crippen molar-refractivity contribution in [2.24, 2.45) is 4.99 Å². The van der Waals surface area contributed by atoms with Crippen LogP contribution in [0.25, 0.3) is 0 Å². The van der Waals surface area contributed by atoms with Crippen LogP contribution in [0.15, 0.2) is 64.5 Å². The van der Waals surface area contributed by atoms with Crippen LogP contribution in [0.5, 0.6) is 0 Å². The summed E-state index contributed by atoms with van der Waals surface area (Å²) < 4.78 is 27.4. The molecule has 9 nitrogen and oxygen atoms in total. The summed E-state index contributed by atoms with van der Waals surface area (Å²) in [6.45, 7) is 1.15. The van der Waals surface area contributed by atoms with Gasteiger partial charge in [-0.1, -0.05) is 48.9 Å². The first-order valence-electron chi connectivity index (χ1n) is 14.5. The summed E-state index contributed by atoms with van der Waals surface area (Å²) in [5, 5.41) is 12.3. The SMILES string of the molecule is O=C(CCCCCC1=NCCC1)Cc1ccc(CC(NC(=O)C2CCCN2S(=O)(=O)c2ccccc2)C(=O)O)cc1. The third-order valence-electron chi connectivity index (χ3n) is 7.71. The third kappa shape index (κ3) is 8.56. The van der Waals surface area contributed by atoms with Gasteiger partial charge >= 0.3 is 5.97 Å². The Kier molecular flexibility index (Phi) is 10.8. The van der Waals surface area contributed by atoms with E-state index in [9.17, 15) is 27.9 Å². The minimum Gasteiger partial charge on any atom is -0.480 e. The van der Waals surface area contributed by atoms with Gasteiger partial charge in [-0.15, -0.1) is 0 Å². The van der Waals surface area contributed by atoms with E-state index in [1.54, 1.807) is 30.3 Å². The van der Waals surface area contributed by atoms with E-state index in [-0.39, 0.29) is 23.6 Å². The van der Waals surface area contributed by atoms with E-state index in [1.165, 1.54) is 24.3 Å². The number of unbranched alkanes of at least 4 members (excludes halogenated alkanes) is 2. The van der Waals surface area contributed by atoms with Gasteiger partial charge in [0.05, 0.1) is 4.90 Å². The van der Waals surface area contributed by atoms with Gasteiger partial charge in [0.2, 0.25) is 15.9 Å². The molecule has 2 aliphatic rings. The summed E-state index contributed by atoms with van der Waals surface area (Å²) in [6.07, 6.45) is 8.03.